The van der Waals surface area contributed by atoms with Gasteiger partial charge >= 0.3 is 18.2 Å². The minimum atomic E-state index is -4.74. The molecule has 0 fully saturated rings. The Hall–Kier alpha value is -4.34. The summed E-state index contributed by atoms with van der Waals surface area (Å²) in [6, 6.07) is 18.4. The lowest BCUT2D eigenvalue weighted by Gasteiger charge is -2.12. The van der Waals surface area contributed by atoms with Crippen molar-refractivity contribution in [2.75, 3.05) is 17.2 Å². The number of hydrogen-bond acceptors (Lipinski definition) is 4. The molecule has 2 N–H and O–H groups in total. The quantitative estimate of drug-likeness (QED) is 0.359. The van der Waals surface area contributed by atoms with E-state index < -0.39 is 23.9 Å². The summed E-state index contributed by atoms with van der Waals surface area (Å²) in [5.74, 6) is -0.859. The number of alkyl halides is 3. The van der Waals surface area contributed by atoms with Crippen molar-refractivity contribution in [1.82, 2.24) is 9.78 Å². The highest BCUT2D eigenvalue weighted by atomic mass is 19.4. The van der Waals surface area contributed by atoms with Crippen LogP contribution in [0.15, 0.2) is 72.8 Å². The molecule has 0 radical (unpaired) electrons. The number of benzene rings is 3. The number of nitrogens with zero attached hydrogens (tertiary/aromatic N) is 2. The molecule has 0 bridgehead atoms. The Morgan fingerprint density at radius 3 is 2.47 bits per heavy atom. The lowest BCUT2D eigenvalue weighted by atomic mass is 10.1. The number of hydrogen-bond donors (Lipinski definition) is 2. The Kier molecular flexibility index (Phi) is 6.22. The fourth-order valence-electron chi connectivity index (χ4n) is 3.39. The van der Waals surface area contributed by atoms with Gasteiger partial charge < -0.3 is 10.1 Å². The van der Waals surface area contributed by atoms with Crippen LogP contribution in [0.25, 0.3) is 16.5 Å². The first-order chi connectivity index (χ1) is 16.3. The number of urea groups is 1. The normalized spacial score (nSPS) is 11.3. The maximum absolute atomic E-state index is 13.4. The standard InChI is InChI=1S/C24H19F3N4O3/c1-2-34-22(32)16-9-5-10-17(13-16)31-21(14-20(30-31)24(25,26)27)29-23(33)28-19-12-6-8-15-7-3-4-11-18(15)19/h3-14H,2H2,1H3,(H2,28,29,33). The van der Waals surface area contributed by atoms with Gasteiger partial charge in [0.15, 0.2) is 5.69 Å². The van der Waals surface area contributed by atoms with Crippen molar-refractivity contribution in [1.29, 1.82) is 0 Å². The molecule has 4 rings (SSSR count). The molecule has 3 aromatic carbocycles. The summed E-state index contributed by atoms with van der Waals surface area (Å²) in [5, 5.41) is 10.3. The van der Waals surface area contributed by atoms with E-state index in [1.807, 2.05) is 30.3 Å². The Morgan fingerprint density at radius 1 is 0.971 bits per heavy atom. The van der Waals surface area contributed by atoms with Gasteiger partial charge in [0.25, 0.3) is 0 Å². The molecular weight excluding hydrogens is 449 g/mol. The highest BCUT2D eigenvalue weighted by molar-refractivity contribution is 6.06. The number of amides is 2. The minimum Gasteiger partial charge on any atom is -0.462 e. The van der Waals surface area contributed by atoms with Gasteiger partial charge in [0.1, 0.15) is 5.82 Å². The molecule has 0 spiro atoms. The highest BCUT2D eigenvalue weighted by Crippen LogP contribution is 2.32. The van der Waals surface area contributed by atoms with Gasteiger partial charge in [0.2, 0.25) is 0 Å². The largest absolute Gasteiger partial charge is 0.462 e. The van der Waals surface area contributed by atoms with Crippen LogP contribution in [0, 0.1) is 0 Å². The van der Waals surface area contributed by atoms with Crippen molar-refractivity contribution in [2.45, 2.75) is 13.1 Å². The summed E-state index contributed by atoms with van der Waals surface area (Å²) in [5.41, 5.74) is -0.437. The second-order valence-electron chi connectivity index (χ2n) is 7.20. The number of esters is 1. The van der Waals surface area contributed by atoms with E-state index in [4.69, 9.17) is 4.74 Å². The van der Waals surface area contributed by atoms with E-state index >= 15 is 0 Å². The van der Waals surface area contributed by atoms with E-state index in [0.29, 0.717) is 5.69 Å². The molecule has 1 heterocycles. The molecule has 0 aliphatic carbocycles. The van der Waals surface area contributed by atoms with Gasteiger partial charge in [-0.15, -0.1) is 0 Å². The summed E-state index contributed by atoms with van der Waals surface area (Å²) in [6.45, 7) is 1.78. The van der Waals surface area contributed by atoms with Crippen LogP contribution in [0.2, 0.25) is 0 Å². The van der Waals surface area contributed by atoms with Gasteiger partial charge in [-0.3, -0.25) is 5.32 Å². The van der Waals surface area contributed by atoms with Gasteiger partial charge in [-0.25, -0.2) is 14.3 Å². The number of aromatic nitrogens is 2. The van der Waals surface area contributed by atoms with Crippen LogP contribution in [-0.4, -0.2) is 28.4 Å². The number of rotatable bonds is 5. The first-order valence-electron chi connectivity index (χ1n) is 10.3. The number of halogens is 3. The predicted octanol–water partition coefficient (Wildman–Crippen LogP) is 5.87. The van der Waals surface area contributed by atoms with Gasteiger partial charge in [-0.1, -0.05) is 42.5 Å². The molecule has 4 aromatic rings. The minimum absolute atomic E-state index is 0.134. The highest BCUT2D eigenvalue weighted by Gasteiger charge is 2.35. The zero-order chi connectivity index (χ0) is 24.3. The lowest BCUT2D eigenvalue weighted by Crippen LogP contribution is -2.21. The zero-order valence-electron chi connectivity index (χ0n) is 17.9. The molecule has 7 nitrogen and oxygen atoms in total. The van der Waals surface area contributed by atoms with Gasteiger partial charge in [-0.05, 0) is 36.6 Å². The van der Waals surface area contributed by atoms with E-state index in [-0.39, 0.29) is 23.7 Å². The third-order valence-corrected chi connectivity index (χ3v) is 4.88. The van der Waals surface area contributed by atoms with Crippen molar-refractivity contribution in [3.05, 3.63) is 84.1 Å². The molecule has 0 aliphatic heterocycles. The Balaban J connectivity index is 1.66. The average Bonchev–Trinajstić information content (AvgIpc) is 3.24. The van der Waals surface area contributed by atoms with Crippen molar-refractivity contribution in [3.8, 4) is 5.69 Å². The van der Waals surface area contributed by atoms with Gasteiger partial charge in [0, 0.05) is 11.5 Å². The fourth-order valence-corrected chi connectivity index (χ4v) is 3.39. The maximum Gasteiger partial charge on any atom is 0.435 e. The van der Waals surface area contributed by atoms with Crippen molar-refractivity contribution >= 4 is 34.3 Å². The van der Waals surface area contributed by atoms with E-state index in [2.05, 4.69) is 15.7 Å². The monoisotopic (exact) mass is 468 g/mol. The third-order valence-electron chi connectivity index (χ3n) is 4.88. The summed E-state index contributed by atoms with van der Waals surface area (Å²) in [7, 11) is 0. The number of anilines is 2. The van der Waals surface area contributed by atoms with Crippen molar-refractivity contribution in [2.24, 2.45) is 0 Å². The second-order valence-corrected chi connectivity index (χ2v) is 7.20. The van der Waals surface area contributed by atoms with Gasteiger partial charge in [-0.2, -0.15) is 18.3 Å². The van der Waals surface area contributed by atoms with Crippen LogP contribution in [0.1, 0.15) is 23.0 Å². The molecular formula is C24H19F3N4O3. The third kappa shape index (κ3) is 4.85. The molecule has 0 saturated carbocycles. The molecule has 1 aromatic heterocycles. The molecule has 0 aliphatic rings. The van der Waals surface area contributed by atoms with E-state index in [0.717, 1.165) is 21.5 Å². The van der Waals surface area contributed by atoms with E-state index in [1.54, 1.807) is 19.1 Å². The second kappa shape index (κ2) is 9.26. The Morgan fingerprint density at radius 2 is 1.71 bits per heavy atom. The molecule has 2 amide bonds. The van der Waals surface area contributed by atoms with Crippen molar-refractivity contribution in [3.63, 3.8) is 0 Å². The number of fused-ring (bicyclic) bond motifs is 1. The summed E-state index contributed by atoms with van der Waals surface area (Å²) in [6.07, 6.45) is -4.74. The SMILES string of the molecule is CCOC(=O)c1cccc(-n2nc(C(F)(F)F)cc2NC(=O)Nc2cccc3ccccc23)c1. The first-order valence-corrected chi connectivity index (χ1v) is 10.3. The molecule has 0 saturated heterocycles. The van der Waals surface area contributed by atoms with Crippen LogP contribution < -0.4 is 10.6 Å². The molecule has 0 unspecified atom stereocenters. The van der Waals surface area contributed by atoms with E-state index in [1.165, 1.54) is 24.3 Å². The summed E-state index contributed by atoms with van der Waals surface area (Å²) >= 11 is 0. The Bertz CT molecular complexity index is 1360. The predicted molar refractivity (Wildman–Crippen MR) is 121 cm³/mol. The fraction of sp³-hybridized carbons (Fsp3) is 0.125. The first kappa shape index (κ1) is 22.8. The van der Waals surface area contributed by atoms with Gasteiger partial charge in [0.05, 0.1) is 23.5 Å². The molecule has 34 heavy (non-hydrogen) atoms. The number of carbonyl (C=O) groups is 2. The number of carbonyl (C=O) groups excluding carboxylic acids is 2. The van der Waals surface area contributed by atoms with Crippen molar-refractivity contribution < 1.29 is 27.5 Å². The smallest absolute Gasteiger partial charge is 0.435 e. The van der Waals surface area contributed by atoms with Crippen LogP contribution >= 0.6 is 0 Å². The lowest BCUT2D eigenvalue weighted by molar-refractivity contribution is -0.141. The van der Waals surface area contributed by atoms with Crippen LogP contribution in [0.5, 0.6) is 0 Å². The van der Waals surface area contributed by atoms with Crippen LogP contribution in [0.4, 0.5) is 29.5 Å². The van der Waals surface area contributed by atoms with Crippen LogP contribution in [-0.2, 0) is 10.9 Å². The molecule has 10 heteroatoms. The van der Waals surface area contributed by atoms with E-state index in [9.17, 15) is 22.8 Å². The average molecular weight is 468 g/mol. The maximum atomic E-state index is 13.4. The molecule has 174 valence electrons. The molecule has 0 atom stereocenters. The topological polar surface area (TPSA) is 85.2 Å². The number of nitrogens with one attached hydrogen (secondary N) is 2. The number of ether oxygens (including phenoxy) is 1. The Labute approximate surface area is 192 Å². The van der Waals surface area contributed by atoms with Crippen LogP contribution in [0.3, 0.4) is 0 Å². The zero-order valence-corrected chi connectivity index (χ0v) is 17.9. The summed E-state index contributed by atoms with van der Waals surface area (Å²) in [4.78, 5) is 24.8. The summed E-state index contributed by atoms with van der Waals surface area (Å²) < 4.78 is 46.0.